The first-order chi connectivity index (χ1) is 18.8. The Morgan fingerprint density at radius 3 is 2.46 bits per heavy atom. The second-order valence-corrected chi connectivity index (χ2v) is 9.74. The Morgan fingerprint density at radius 2 is 1.77 bits per heavy atom. The summed E-state index contributed by atoms with van der Waals surface area (Å²) < 4.78 is 7.45. The molecule has 2 heterocycles. The van der Waals surface area contributed by atoms with Gasteiger partial charge in [-0.25, -0.2) is 0 Å². The lowest BCUT2D eigenvalue weighted by Gasteiger charge is -2.14. The van der Waals surface area contributed by atoms with E-state index in [-0.39, 0.29) is 18.6 Å². The summed E-state index contributed by atoms with van der Waals surface area (Å²) in [5.74, 6) is 1.75. The number of aromatic nitrogens is 3. The van der Waals surface area contributed by atoms with Crippen molar-refractivity contribution in [1.29, 1.82) is 0 Å². The zero-order valence-electron chi connectivity index (χ0n) is 21.5. The molecule has 0 fully saturated rings. The van der Waals surface area contributed by atoms with Gasteiger partial charge in [-0.1, -0.05) is 53.6 Å². The Labute approximate surface area is 231 Å². The van der Waals surface area contributed by atoms with Crippen LogP contribution in [0.4, 0.5) is 0 Å². The van der Waals surface area contributed by atoms with Gasteiger partial charge >= 0.3 is 7.12 Å². The molecule has 0 saturated carbocycles. The van der Waals surface area contributed by atoms with E-state index >= 15 is 0 Å². The van der Waals surface area contributed by atoms with Gasteiger partial charge in [-0.15, -0.1) is 10.2 Å². The van der Waals surface area contributed by atoms with E-state index < -0.39 is 13.2 Å². The summed E-state index contributed by atoms with van der Waals surface area (Å²) in [4.78, 5) is 18.2. The lowest BCUT2D eigenvalue weighted by Crippen LogP contribution is -2.25. The molecule has 0 spiro atoms. The number of ether oxygens (including phenoxy) is 1. The molecular formula is C28H27BClN5O4. The van der Waals surface area contributed by atoms with E-state index in [9.17, 15) is 4.79 Å². The molecule has 1 unspecified atom stereocenters. The van der Waals surface area contributed by atoms with Crippen LogP contribution in [-0.2, 0) is 17.7 Å². The number of hydrogen-bond acceptors (Lipinski definition) is 7. The molecule has 3 aromatic carbocycles. The summed E-state index contributed by atoms with van der Waals surface area (Å²) in [6.07, 6.45) is 0.214. The molecule has 198 valence electrons. The van der Waals surface area contributed by atoms with E-state index in [1.165, 1.54) is 0 Å². The zero-order chi connectivity index (χ0) is 27.5. The Bertz CT molecular complexity index is 1520. The summed E-state index contributed by atoms with van der Waals surface area (Å²) in [6.45, 7) is 2.19. The molecule has 39 heavy (non-hydrogen) atoms. The normalized spacial score (nSPS) is 14.1. The van der Waals surface area contributed by atoms with Crippen molar-refractivity contribution in [3.8, 4) is 11.4 Å². The van der Waals surface area contributed by atoms with Gasteiger partial charge in [0.1, 0.15) is 17.6 Å². The summed E-state index contributed by atoms with van der Waals surface area (Å²) in [7, 11) is 0.218. The molecule has 0 bridgehead atoms. The van der Waals surface area contributed by atoms with Crippen LogP contribution >= 0.6 is 11.6 Å². The average molecular weight is 544 g/mol. The first-order valence-corrected chi connectivity index (χ1v) is 12.8. The molecule has 4 aromatic rings. The third-order valence-electron chi connectivity index (χ3n) is 6.56. The molecule has 11 heteroatoms. The first-order valence-electron chi connectivity index (χ1n) is 12.5. The number of rotatable bonds is 8. The molecule has 0 saturated heterocycles. The molecule has 1 atom stereocenters. The van der Waals surface area contributed by atoms with Gasteiger partial charge in [-0.3, -0.25) is 14.4 Å². The van der Waals surface area contributed by atoms with Crippen molar-refractivity contribution in [2.24, 2.45) is 4.99 Å². The molecule has 1 aliphatic rings. The first kappa shape index (κ1) is 26.6. The third-order valence-corrected chi connectivity index (χ3v) is 6.81. The van der Waals surface area contributed by atoms with Gasteiger partial charge in [0, 0.05) is 29.0 Å². The Hall–Kier alpha value is -3.99. The number of carbonyl (C=O) groups is 1. The van der Waals surface area contributed by atoms with E-state index in [1.54, 1.807) is 7.11 Å². The fraction of sp³-hybridized carbons (Fsp3) is 0.214. The molecule has 0 aliphatic carbocycles. The highest BCUT2D eigenvalue weighted by Gasteiger charge is 2.30. The van der Waals surface area contributed by atoms with Crippen molar-refractivity contribution in [1.82, 2.24) is 20.1 Å². The van der Waals surface area contributed by atoms with E-state index in [2.05, 4.69) is 15.5 Å². The van der Waals surface area contributed by atoms with Crippen molar-refractivity contribution >= 4 is 30.3 Å². The number of aryl methyl sites for hydroxylation is 1. The minimum absolute atomic E-state index is 0.0646. The minimum atomic E-state index is -1.40. The number of nitrogens with one attached hydrogen (secondary N) is 1. The maximum atomic E-state index is 13.1. The van der Waals surface area contributed by atoms with Crippen LogP contribution in [0.2, 0.25) is 5.02 Å². The number of benzene rings is 3. The summed E-state index contributed by atoms with van der Waals surface area (Å²) in [6, 6.07) is 19.9. The van der Waals surface area contributed by atoms with Crippen LogP contribution in [0.1, 0.15) is 46.4 Å². The minimum Gasteiger partial charge on any atom is -0.497 e. The van der Waals surface area contributed by atoms with Crippen molar-refractivity contribution < 1.29 is 19.6 Å². The summed E-state index contributed by atoms with van der Waals surface area (Å²) in [5, 5.41) is 30.6. The van der Waals surface area contributed by atoms with Crippen LogP contribution in [0.3, 0.4) is 0 Å². The topological polar surface area (TPSA) is 122 Å². The zero-order valence-corrected chi connectivity index (χ0v) is 22.3. The maximum Gasteiger partial charge on any atom is 0.456 e. The van der Waals surface area contributed by atoms with Crippen LogP contribution < -0.4 is 10.1 Å². The molecule has 9 nitrogen and oxygen atoms in total. The van der Waals surface area contributed by atoms with Gasteiger partial charge in [0.25, 0.3) is 0 Å². The number of fused-ring (bicyclic) bond motifs is 3. The number of amides is 1. The van der Waals surface area contributed by atoms with Crippen LogP contribution in [0.5, 0.6) is 5.75 Å². The van der Waals surface area contributed by atoms with E-state index in [1.807, 2.05) is 78.2 Å². The molecule has 1 amide bonds. The number of methoxy groups -OCH3 is 1. The van der Waals surface area contributed by atoms with E-state index in [0.29, 0.717) is 34.7 Å². The number of nitrogens with zero attached hydrogens (tertiary/aromatic N) is 4. The van der Waals surface area contributed by atoms with Gasteiger partial charge in [0.05, 0.1) is 24.9 Å². The SMILES string of the molecule is COc1ccc2c(c1)C(c1ccc(Cl)cc1)=NC(CC(=O)NCc1ccc(CB(O)O)cc1)c1nnc(C)n1-2. The summed E-state index contributed by atoms with van der Waals surface area (Å²) in [5.41, 5.74) is 4.92. The number of hydrogen-bond donors (Lipinski definition) is 3. The van der Waals surface area contributed by atoms with Crippen LogP contribution in [0, 0.1) is 6.92 Å². The lowest BCUT2D eigenvalue weighted by molar-refractivity contribution is -0.121. The largest absolute Gasteiger partial charge is 0.497 e. The average Bonchev–Trinajstić information content (AvgIpc) is 3.25. The Kier molecular flexibility index (Phi) is 7.78. The van der Waals surface area contributed by atoms with Crippen molar-refractivity contribution in [3.05, 3.63) is 106 Å². The van der Waals surface area contributed by atoms with Crippen molar-refractivity contribution in [2.45, 2.75) is 32.3 Å². The highest BCUT2D eigenvalue weighted by atomic mass is 35.5. The maximum absolute atomic E-state index is 13.1. The predicted octanol–water partition coefficient (Wildman–Crippen LogP) is 3.39. The highest BCUT2D eigenvalue weighted by Crippen LogP contribution is 2.34. The number of halogens is 1. The van der Waals surface area contributed by atoms with Gasteiger partial charge in [0.15, 0.2) is 5.82 Å². The fourth-order valence-electron chi connectivity index (χ4n) is 4.63. The quantitative estimate of drug-likeness (QED) is 0.293. The van der Waals surface area contributed by atoms with Crippen LogP contribution in [0.15, 0.2) is 71.7 Å². The monoisotopic (exact) mass is 543 g/mol. The van der Waals surface area contributed by atoms with Crippen molar-refractivity contribution in [2.75, 3.05) is 7.11 Å². The fourth-order valence-corrected chi connectivity index (χ4v) is 4.76. The molecule has 0 radical (unpaired) electrons. The standard InChI is InChI=1S/C28H27BClN5O4/c1-17-33-34-28-24(14-26(36)31-16-19-5-3-18(4-6-19)15-29(37)38)32-27(20-7-9-21(30)10-8-20)23-13-22(39-2)11-12-25(23)35(17)28/h3-13,24,37-38H,14-16H2,1-2H3,(H,31,36). The molecular weight excluding hydrogens is 517 g/mol. The Morgan fingerprint density at radius 1 is 1.05 bits per heavy atom. The van der Waals surface area contributed by atoms with Crippen LogP contribution in [-0.4, -0.2) is 50.7 Å². The second kappa shape index (κ2) is 11.4. The number of aliphatic imine (C=N–C) groups is 1. The Balaban J connectivity index is 1.46. The van der Waals surface area contributed by atoms with Gasteiger partial charge < -0.3 is 20.1 Å². The van der Waals surface area contributed by atoms with Crippen molar-refractivity contribution in [3.63, 3.8) is 0 Å². The molecule has 5 rings (SSSR count). The van der Waals surface area contributed by atoms with Gasteiger partial charge in [-0.2, -0.15) is 0 Å². The van der Waals surface area contributed by atoms with Crippen LogP contribution in [0.25, 0.3) is 5.69 Å². The third kappa shape index (κ3) is 5.88. The number of carbonyl (C=O) groups excluding carboxylic acids is 1. The predicted molar refractivity (Wildman–Crippen MR) is 149 cm³/mol. The van der Waals surface area contributed by atoms with Gasteiger partial charge in [-0.05, 0) is 42.8 Å². The van der Waals surface area contributed by atoms with Gasteiger partial charge in [0.2, 0.25) is 5.91 Å². The molecule has 1 aromatic heterocycles. The van der Waals surface area contributed by atoms with E-state index in [0.717, 1.165) is 27.9 Å². The summed E-state index contributed by atoms with van der Waals surface area (Å²) >= 11 is 6.16. The van der Waals surface area contributed by atoms with E-state index in [4.69, 9.17) is 31.4 Å². The molecule has 1 aliphatic heterocycles. The second-order valence-electron chi connectivity index (χ2n) is 9.31. The highest BCUT2D eigenvalue weighted by molar-refractivity contribution is 6.40. The lowest BCUT2D eigenvalue weighted by atomic mass is 9.82. The smallest absolute Gasteiger partial charge is 0.456 e. The molecule has 3 N–H and O–H groups in total.